The first-order valence-electron chi connectivity index (χ1n) is 21.6. The van der Waals surface area contributed by atoms with E-state index < -0.39 is 37.8 Å². The normalized spacial score (nSPS) is 15.6. The molecule has 3 N–H and O–H groups in total. The van der Waals surface area contributed by atoms with E-state index in [1.54, 1.807) is 21.1 Å². The summed E-state index contributed by atoms with van der Waals surface area (Å²) in [5, 5.41) is 23.1. The van der Waals surface area contributed by atoms with Crippen molar-refractivity contribution in [3.63, 3.8) is 0 Å². The van der Waals surface area contributed by atoms with Gasteiger partial charge in [-0.1, -0.05) is 181 Å². The van der Waals surface area contributed by atoms with Gasteiger partial charge in [-0.2, -0.15) is 0 Å². The zero-order valence-corrected chi connectivity index (χ0v) is 35.5. The molecule has 0 rings (SSSR count). The van der Waals surface area contributed by atoms with E-state index in [2.05, 4.69) is 13.8 Å². The maximum Gasteiger partial charge on any atom is 0.265 e. The van der Waals surface area contributed by atoms with E-state index >= 15 is 0 Å². The van der Waals surface area contributed by atoms with Gasteiger partial charge in [0.2, 0.25) is 0 Å². The van der Waals surface area contributed by atoms with Crippen molar-refractivity contribution in [3.8, 4) is 0 Å². The lowest BCUT2D eigenvalue weighted by Gasteiger charge is -2.39. The van der Waals surface area contributed by atoms with Crippen LogP contribution in [-0.4, -0.2) is 76.7 Å². The second-order valence-electron chi connectivity index (χ2n) is 16.8. The predicted molar refractivity (Wildman–Crippen MR) is 213 cm³/mol. The van der Waals surface area contributed by atoms with E-state index in [1.165, 1.54) is 122 Å². The van der Waals surface area contributed by atoms with Crippen LogP contribution in [0.4, 0.5) is 0 Å². The number of likely N-dealkylation sites (N-methyl/N-ethyl adjacent to an activating group) is 1. The summed E-state index contributed by atoms with van der Waals surface area (Å²) in [5.41, 5.74) is -2.52. The molecule has 0 bridgehead atoms. The zero-order chi connectivity index (χ0) is 39.1. The number of rotatable bonds is 39. The fourth-order valence-corrected chi connectivity index (χ4v) is 7.70. The van der Waals surface area contributed by atoms with Crippen LogP contribution in [0.25, 0.3) is 0 Å². The number of quaternary nitrogens is 1. The third-order valence-electron chi connectivity index (χ3n) is 10.4. The first-order chi connectivity index (χ1) is 24.7. The van der Waals surface area contributed by atoms with E-state index in [0.717, 1.165) is 44.9 Å². The highest BCUT2D eigenvalue weighted by Crippen LogP contribution is 2.37. The molecule has 0 aliphatic heterocycles. The average Bonchev–Trinajstić information content (AvgIpc) is 3.06. The summed E-state index contributed by atoms with van der Waals surface area (Å²) in [6.07, 6.45) is 28.7. The van der Waals surface area contributed by atoms with Crippen LogP contribution in [0.2, 0.25) is 0 Å². The number of aliphatic hydroxyl groups is 2. The minimum Gasteiger partial charge on any atom is -0.756 e. The molecule has 0 aromatic carbocycles. The van der Waals surface area contributed by atoms with Gasteiger partial charge >= 0.3 is 0 Å². The van der Waals surface area contributed by atoms with Crippen LogP contribution in [-0.2, 0) is 18.7 Å². The Morgan fingerprint density at radius 3 is 1.23 bits per heavy atom. The van der Waals surface area contributed by atoms with Gasteiger partial charge in [0.05, 0.1) is 21.1 Å². The zero-order valence-electron chi connectivity index (χ0n) is 34.6. The molecular weight excluding hydrogens is 677 g/mol. The van der Waals surface area contributed by atoms with Crippen molar-refractivity contribution in [2.45, 2.75) is 231 Å². The molecule has 0 aliphatic carbocycles. The lowest BCUT2D eigenvalue weighted by Crippen LogP contribution is -2.59. The molecule has 0 amide bonds. The molecule has 10 heteroatoms. The quantitative estimate of drug-likeness (QED) is 0.0319. The molecule has 310 valence electrons. The molecular formula is C42H84NO8P. The largest absolute Gasteiger partial charge is 0.756 e. The van der Waals surface area contributed by atoms with Crippen molar-refractivity contribution >= 4 is 19.4 Å². The number of ketones is 2. The number of Topliss-reactive ketones (excluding diaryl/α,β-unsaturated/α-hetero) is 2. The Hall–Kier alpha value is -0.670. The number of unbranched alkanes of at least 4 members (excludes halogenated alkanes) is 26. The lowest BCUT2D eigenvalue weighted by atomic mass is 9.81. The van der Waals surface area contributed by atoms with Gasteiger partial charge in [-0.3, -0.25) is 14.2 Å². The maximum absolute atomic E-state index is 13.6. The highest BCUT2D eigenvalue weighted by atomic mass is 31.2. The molecule has 0 spiro atoms. The van der Waals surface area contributed by atoms with Gasteiger partial charge in [0.15, 0.2) is 11.4 Å². The average molecular weight is 762 g/mol. The Morgan fingerprint density at radius 1 is 0.615 bits per heavy atom. The summed E-state index contributed by atoms with van der Waals surface area (Å²) in [6, 6.07) is 0. The summed E-state index contributed by atoms with van der Waals surface area (Å²) in [4.78, 5) is 47.9. The third kappa shape index (κ3) is 29.7. The maximum atomic E-state index is 13.6. The number of aliphatic hydroxyl groups excluding tert-OH is 1. The highest BCUT2D eigenvalue weighted by Gasteiger charge is 2.49. The monoisotopic (exact) mass is 762 g/mol. The lowest BCUT2D eigenvalue weighted by molar-refractivity contribution is -0.873. The van der Waals surface area contributed by atoms with Gasteiger partial charge in [-0.05, 0) is 12.8 Å². The van der Waals surface area contributed by atoms with Crippen LogP contribution in [0.15, 0.2) is 0 Å². The van der Waals surface area contributed by atoms with Crippen LogP contribution < -0.4 is 4.89 Å². The van der Waals surface area contributed by atoms with Crippen LogP contribution in [0, 0.1) is 0 Å². The Labute approximate surface area is 320 Å². The molecule has 0 heterocycles. The molecule has 4 atom stereocenters. The van der Waals surface area contributed by atoms with Gasteiger partial charge in [-0.25, -0.2) is 0 Å². The summed E-state index contributed by atoms with van der Waals surface area (Å²) >= 11 is 0. The van der Waals surface area contributed by atoms with Crippen molar-refractivity contribution in [2.75, 3.05) is 27.7 Å². The molecule has 0 aliphatic rings. The first kappa shape index (κ1) is 51.3. The summed E-state index contributed by atoms with van der Waals surface area (Å²) < 4.78 is 16.7. The van der Waals surface area contributed by atoms with Crippen LogP contribution in [0.5, 0.6) is 0 Å². The Balaban J connectivity index is 4.85. The molecule has 0 aromatic heterocycles. The van der Waals surface area contributed by atoms with Crippen molar-refractivity contribution < 1.29 is 43.2 Å². The number of hydrogen-bond donors (Lipinski definition) is 3. The second-order valence-corrected chi connectivity index (χ2v) is 17.9. The van der Waals surface area contributed by atoms with E-state index in [0.29, 0.717) is 12.8 Å². The molecule has 0 fully saturated rings. The van der Waals surface area contributed by atoms with E-state index in [-0.39, 0.29) is 29.7 Å². The van der Waals surface area contributed by atoms with Crippen LogP contribution >= 0.6 is 7.82 Å². The number of carbonyl (C=O) groups is 2. The van der Waals surface area contributed by atoms with E-state index in [1.807, 2.05) is 0 Å². The molecule has 0 radical (unpaired) electrons. The number of phosphoric acid groups is 1. The fraction of sp³-hybridized carbons (Fsp3) is 0.952. The summed E-state index contributed by atoms with van der Waals surface area (Å²) in [6.45, 7) is 4.35. The SMILES string of the molecule is CCCCCCCCCCCCCCCCCC(=O)CC(O)(C(=O)CCCCCCCCCCCCCCC)C(O)C(C[N+](C)(C)C)OP(=O)([O-])O. The summed E-state index contributed by atoms with van der Waals surface area (Å²) in [5.74, 6) is -1.05. The van der Waals surface area contributed by atoms with Crippen LogP contribution in [0.1, 0.15) is 213 Å². The molecule has 0 saturated carbocycles. The minimum absolute atomic E-state index is 0.0389. The topological polar surface area (TPSA) is 144 Å². The Kier molecular flexibility index (Phi) is 31.1. The fourth-order valence-electron chi connectivity index (χ4n) is 7.18. The van der Waals surface area contributed by atoms with Crippen LogP contribution in [0.3, 0.4) is 0 Å². The highest BCUT2D eigenvalue weighted by molar-refractivity contribution is 7.44. The number of phosphoric ester groups is 1. The van der Waals surface area contributed by atoms with Gasteiger partial charge in [0, 0.05) is 19.3 Å². The van der Waals surface area contributed by atoms with E-state index in [9.17, 15) is 34.2 Å². The van der Waals surface area contributed by atoms with Crippen molar-refractivity contribution in [1.82, 2.24) is 0 Å². The smallest absolute Gasteiger partial charge is 0.265 e. The van der Waals surface area contributed by atoms with Gasteiger partial charge in [-0.15, -0.1) is 0 Å². The first-order valence-corrected chi connectivity index (χ1v) is 23.1. The molecule has 0 saturated heterocycles. The van der Waals surface area contributed by atoms with Gasteiger partial charge in [0.25, 0.3) is 7.82 Å². The van der Waals surface area contributed by atoms with Crippen molar-refractivity contribution in [3.05, 3.63) is 0 Å². The number of hydrogen-bond acceptors (Lipinski definition) is 7. The van der Waals surface area contributed by atoms with Gasteiger partial charge in [0.1, 0.15) is 24.5 Å². The minimum atomic E-state index is -5.32. The number of nitrogens with zero attached hydrogens (tertiary/aromatic N) is 1. The predicted octanol–water partition coefficient (Wildman–Crippen LogP) is 9.90. The molecule has 0 aromatic rings. The Morgan fingerprint density at radius 2 is 0.923 bits per heavy atom. The standard InChI is InChI=1S/C42H84NO8P/c1-6-8-10-12-14-16-18-20-21-23-24-26-28-30-32-34-38(44)36-42(47,41(46)39(37-43(3,4)5)51-52(48,49)50)40(45)35-33-31-29-27-25-22-19-17-15-13-11-9-7-2/h39,41,46-47H,6-37H2,1-5H3,(H-,48,49,50). The van der Waals surface area contributed by atoms with Gasteiger partial charge < -0.3 is 29.0 Å². The van der Waals surface area contributed by atoms with Crippen molar-refractivity contribution in [1.29, 1.82) is 0 Å². The Bertz CT molecular complexity index is 920. The molecule has 52 heavy (non-hydrogen) atoms. The number of carbonyl (C=O) groups excluding carboxylic acids is 2. The third-order valence-corrected chi connectivity index (χ3v) is 10.9. The van der Waals surface area contributed by atoms with Crippen molar-refractivity contribution in [2.24, 2.45) is 0 Å². The molecule has 9 nitrogen and oxygen atoms in total. The molecule has 4 unspecified atom stereocenters. The second kappa shape index (κ2) is 31.5. The van der Waals surface area contributed by atoms with E-state index in [4.69, 9.17) is 4.52 Å². The summed E-state index contributed by atoms with van der Waals surface area (Å²) in [7, 11) is -0.135.